The SMILES string of the molecule is C[C@@H]1CN(C(=O)CN2Cc3nn4c(c3C[C@@H]2C)CN(c2ccc(C#N)n3ncc(F)c23)C[C@H]4C)C[C@@H](C)N1. The van der Waals surface area contributed by atoms with Crippen molar-refractivity contribution in [2.75, 3.05) is 31.1 Å². The van der Waals surface area contributed by atoms with Crippen molar-refractivity contribution in [2.45, 2.75) is 71.4 Å². The molecule has 0 spiro atoms. The lowest BCUT2D eigenvalue weighted by Crippen LogP contribution is -2.57. The number of rotatable bonds is 3. The summed E-state index contributed by atoms with van der Waals surface area (Å²) in [5.41, 5.74) is 4.76. The number of fused-ring (bicyclic) bond motifs is 4. The van der Waals surface area contributed by atoms with Gasteiger partial charge in [-0.05, 0) is 46.2 Å². The Bertz CT molecular complexity index is 1430. The number of anilines is 1. The normalized spacial score (nSPS) is 25.8. The van der Waals surface area contributed by atoms with Crippen molar-refractivity contribution in [1.29, 1.82) is 5.26 Å². The van der Waals surface area contributed by atoms with Gasteiger partial charge in [-0.3, -0.25) is 14.4 Å². The third kappa shape index (κ3) is 4.12. The predicted octanol–water partition coefficient (Wildman–Crippen LogP) is 2.08. The number of carbonyl (C=O) groups excluding carboxylic acids is 1. The first kappa shape index (κ1) is 24.8. The molecule has 1 fully saturated rings. The molecule has 6 rings (SSSR count). The highest BCUT2D eigenvalue weighted by atomic mass is 19.1. The molecule has 0 aromatic carbocycles. The molecular formula is C27H34FN9O. The van der Waals surface area contributed by atoms with Crippen LogP contribution in [0.4, 0.5) is 10.1 Å². The first-order chi connectivity index (χ1) is 18.2. The van der Waals surface area contributed by atoms with Crippen LogP contribution in [0, 0.1) is 17.1 Å². The van der Waals surface area contributed by atoms with Gasteiger partial charge < -0.3 is 15.1 Å². The highest BCUT2D eigenvalue weighted by molar-refractivity contribution is 5.78. The zero-order valence-electron chi connectivity index (χ0n) is 22.4. The van der Waals surface area contributed by atoms with E-state index in [9.17, 15) is 14.4 Å². The molecule has 10 nitrogen and oxygen atoms in total. The fourth-order valence-electron chi connectivity index (χ4n) is 6.45. The molecule has 1 N–H and O–H groups in total. The summed E-state index contributed by atoms with van der Waals surface area (Å²) in [7, 11) is 0. The molecule has 0 radical (unpaired) electrons. The largest absolute Gasteiger partial charge is 0.362 e. The van der Waals surface area contributed by atoms with Gasteiger partial charge >= 0.3 is 0 Å². The van der Waals surface area contributed by atoms with Gasteiger partial charge in [0.15, 0.2) is 5.82 Å². The Morgan fingerprint density at radius 1 is 1.13 bits per heavy atom. The fourth-order valence-corrected chi connectivity index (χ4v) is 6.45. The molecule has 1 saturated heterocycles. The minimum Gasteiger partial charge on any atom is -0.362 e. The summed E-state index contributed by atoms with van der Waals surface area (Å²) in [6, 6.07) is 6.48. The highest BCUT2D eigenvalue weighted by Gasteiger charge is 2.36. The summed E-state index contributed by atoms with van der Waals surface area (Å²) in [6.45, 7) is 12.3. The molecule has 0 aliphatic carbocycles. The Kier molecular flexibility index (Phi) is 6.12. The standard InChI is InChI=1S/C27H34FN9O/c1-16-10-35(11-17(2)31-16)26(38)15-33-13-23-21(7-18(33)3)25-14-34(12-19(4)36(25)32-23)24-6-5-20(8-29)37-27(24)22(28)9-30-37/h5-6,9,16-19,31H,7,10-15H2,1-4H3/t16-,17-,18+,19-/m1/s1. The molecule has 1 amide bonds. The second kappa shape index (κ2) is 9.36. The van der Waals surface area contributed by atoms with Crippen LogP contribution >= 0.6 is 0 Å². The zero-order valence-corrected chi connectivity index (χ0v) is 22.4. The topological polar surface area (TPSA) is 97.7 Å². The van der Waals surface area contributed by atoms with E-state index in [0.717, 1.165) is 36.6 Å². The van der Waals surface area contributed by atoms with Crippen LogP contribution in [-0.2, 0) is 24.3 Å². The number of hydrogen-bond acceptors (Lipinski definition) is 7. The van der Waals surface area contributed by atoms with Crippen molar-refractivity contribution in [1.82, 2.24) is 34.5 Å². The van der Waals surface area contributed by atoms with Gasteiger partial charge in [-0.15, -0.1) is 0 Å². The Morgan fingerprint density at radius 2 is 1.89 bits per heavy atom. The van der Waals surface area contributed by atoms with E-state index < -0.39 is 5.82 Å². The van der Waals surface area contributed by atoms with Gasteiger partial charge in [0, 0.05) is 49.9 Å². The van der Waals surface area contributed by atoms with Crippen molar-refractivity contribution < 1.29 is 9.18 Å². The number of hydrogen-bond donors (Lipinski definition) is 1. The van der Waals surface area contributed by atoms with Gasteiger partial charge in [-0.25, -0.2) is 8.91 Å². The van der Waals surface area contributed by atoms with E-state index >= 15 is 0 Å². The number of amides is 1. The molecule has 0 saturated carbocycles. The minimum atomic E-state index is -0.437. The van der Waals surface area contributed by atoms with E-state index in [1.54, 1.807) is 6.07 Å². The van der Waals surface area contributed by atoms with E-state index in [1.807, 2.05) is 11.0 Å². The summed E-state index contributed by atoms with van der Waals surface area (Å²) < 4.78 is 18.3. The Balaban J connectivity index is 1.25. The Hall–Kier alpha value is -3.49. The third-order valence-electron chi connectivity index (χ3n) is 8.22. The van der Waals surface area contributed by atoms with Crippen LogP contribution in [0.1, 0.15) is 56.4 Å². The maximum absolute atomic E-state index is 14.8. The average molecular weight is 520 g/mol. The quantitative estimate of drug-likeness (QED) is 0.566. The maximum atomic E-state index is 14.8. The second-order valence-electron chi connectivity index (χ2n) is 11.2. The Labute approximate surface area is 221 Å². The molecule has 6 heterocycles. The van der Waals surface area contributed by atoms with Crippen LogP contribution in [0.5, 0.6) is 0 Å². The van der Waals surface area contributed by atoms with Crippen molar-refractivity contribution in [3.05, 3.63) is 46.8 Å². The second-order valence-corrected chi connectivity index (χ2v) is 11.2. The lowest BCUT2D eigenvalue weighted by Gasteiger charge is -2.39. The van der Waals surface area contributed by atoms with Gasteiger partial charge in [0.25, 0.3) is 0 Å². The van der Waals surface area contributed by atoms with Crippen molar-refractivity contribution in [3.8, 4) is 6.07 Å². The molecular weight excluding hydrogens is 485 g/mol. The number of nitrogens with zero attached hydrogens (tertiary/aromatic N) is 8. The number of aromatic nitrogens is 4. The number of nitrogens with one attached hydrogen (secondary N) is 1. The molecule has 0 unspecified atom stereocenters. The van der Waals surface area contributed by atoms with Crippen LogP contribution in [-0.4, -0.2) is 79.4 Å². The van der Waals surface area contributed by atoms with Crippen LogP contribution in [0.25, 0.3) is 5.52 Å². The van der Waals surface area contributed by atoms with Crippen LogP contribution in [0.2, 0.25) is 0 Å². The fraction of sp³-hybridized carbons (Fsp3) is 0.556. The summed E-state index contributed by atoms with van der Waals surface area (Å²) in [5.74, 6) is -0.259. The average Bonchev–Trinajstić information content (AvgIpc) is 3.44. The molecule has 3 aromatic rings. The van der Waals surface area contributed by atoms with Gasteiger partial charge in [-0.2, -0.15) is 15.5 Å². The van der Waals surface area contributed by atoms with E-state index in [0.29, 0.717) is 49.5 Å². The van der Waals surface area contributed by atoms with Gasteiger partial charge in [-0.1, -0.05) is 0 Å². The number of piperazine rings is 1. The molecule has 3 aliphatic heterocycles. The maximum Gasteiger partial charge on any atom is 0.236 e. The van der Waals surface area contributed by atoms with Crippen molar-refractivity contribution >= 4 is 17.1 Å². The number of carbonyl (C=O) groups is 1. The molecule has 11 heteroatoms. The van der Waals surface area contributed by atoms with E-state index in [4.69, 9.17) is 5.10 Å². The first-order valence-corrected chi connectivity index (χ1v) is 13.4. The smallest absolute Gasteiger partial charge is 0.236 e. The number of pyridine rings is 1. The van der Waals surface area contributed by atoms with E-state index in [2.05, 4.69) is 58.7 Å². The lowest BCUT2D eigenvalue weighted by molar-refractivity contribution is -0.135. The third-order valence-corrected chi connectivity index (χ3v) is 8.22. The molecule has 4 atom stereocenters. The Morgan fingerprint density at radius 3 is 2.63 bits per heavy atom. The molecule has 0 bridgehead atoms. The molecule has 38 heavy (non-hydrogen) atoms. The summed E-state index contributed by atoms with van der Waals surface area (Å²) >= 11 is 0. The van der Waals surface area contributed by atoms with E-state index in [-0.39, 0.29) is 18.0 Å². The first-order valence-electron chi connectivity index (χ1n) is 13.4. The van der Waals surface area contributed by atoms with Crippen LogP contribution in [0.15, 0.2) is 18.3 Å². The lowest BCUT2D eigenvalue weighted by atomic mass is 9.97. The number of nitriles is 1. The zero-order chi connectivity index (χ0) is 26.7. The number of halogens is 1. The summed E-state index contributed by atoms with van der Waals surface area (Å²) in [5, 5.41) is 22.0. The minimum absolute atomic E-state index is 0.0836. The van der Waals surface area contributed by atoms with Crippen LogP contribution in [0.3, 0.4) is 0 Å². The van der Waals surface area contributed by atoms with Gasteiger partial charge in [0.2, 0.25) is 5.91 Å². The van der Waals surface area contributed by atoms with Crippen molar-refractivity contribution in [3.63, 3.8) is 0 Å². The van der Waals surface area contributed by atoms with E-state index in [1.165, 1.54) is 16.3 Å². The summed E-state index contributed by atoms with van der Waals surface area (Å²) in [6.07, 6.45) is 1.98. The van der Waals surface area contributed by atoms with Gasteiger partial charge in [0.05, 0.1) is 42.4 Å². The monoisotopic (exact) mass is 519 g/mol. The van der Waals surface area contributed by atoms with Crippen LogP contribution < -0.4 is 10.2 Å². The predicted molar refractivity (Wildman–Crippen MR) is 140 cm³/mol. The van der Waals surface area contributed by atoms with Gasteiger partial charge in [0.1, 0.15) is 17.3 Å². The molecule has 3 aromatic heterocycles. The summed E-state index contributed by atoms with van der Waals surface area (Å²) in [4.78, 5) is 19.6. The highest BCUT2D eigenvalue weighted by Crippen LogP contribution is 2.35. The molecule has 3 aliphatic rings. The van der Waals surface area contributed by atoms with Crippen molar-refractivity contribution in [2.24, 2.45) is 0 Å². The molecule has 200 valence electrons.